The number of anilines is 2. The fourth-order valence-electron chi connectivity index (χ4n) is 1.76. The topological polar surface area (TPSA) is 55.1 Å². The molecule has 1 amide bonds. The highest BCUT2D eigenvalue weighted by Gasteiger charge is 2.17. The standard InChI is InChI=1S/C14H11Br2FN2O/c1-7-5-8(18)6-9(12(7)17)14(20)19-13-10(15)3-2-4-11(13)16/h2-6H,18H2,1H3,(H,19,20). The molecule has 0 aromatic heterocycles. The molecule has 0 unspecified atom stereocenters. The molecule has 2 aromatic carbocycles. The Bertz CT molecular complexity index is 669. The van der Waals surface area contributed by atoms with Crippen molar-refractivity contribution < 1.29 is 9.18 Å². The van der Waals surface area contributed by atoms with Crippen molar-refractivity contribution in [3.8, 4) is 0 Å². The van der Waals surface area contributed by atoms with Crippen LogP contribution in [0.1, 0.15) is 15.9 Å². The average molecular weight is 402 g/mol. The Morgan fingerprint density at radius 1 is 1.25 bits per heavy atom. The number of aryl methyl sites for hydroxylation is 1. The SMILES string of the molecule is Cc1cc(N)cc(C(=O)Nc2c(Br)cccc2Br)c1F. The maximum absolute atomic E-state index is 14.0. The van der Waals surface area contributed by atoms with Gasteiger partial charge < -0.3 is 11.1 Å². The van der Waals surface area contributed by atoms with Gasteiger partial charge in [0.2, 0.25) is 0 Å². The molecule has 0 atom stereocenters. The lowest BCUT2D eigenvalue weighted by Crippen LogP contribution is -2.15. The molecule has 20 heavy (non-hydrogen) atoms. The van der Waals surface area contributed by atoms with Gasteiger partial charge >= 0.3 is 0 Å². The Morgan fingerprint density at radius 2 is 1.85 bits per heavy atom. The number of para-hydroxylation sites is 1. The molecule has 0 saturated heterocycles. The highest BCUT2D eigenvalue weighted by molar-refractivity contribution is 9.11. The fourth-order valence-corrected chi connectivity index (χ4v) is 2.96. The third-order valence-electron chi connectivity index (χ3n) is 2.72. The van der Waals surface area contributed by atoms with Gasteiger partial charge in [-0.3, -0.25) is 4.79 Å². The molecule has 0 fully saturated rings. The Hall–Kier alpha value is -1.40. The second-order valence-electron chi connectivity index (χ2n) is 4.25. The Labute approximate surface area is 132 Å². The summed E-state index contributed by atoms with van der Waals surface area (Å²) >= 11 is 6.66. The van der Waals surface area contributed by atoms with Crippen LogP contribution in [0.25, 0.3) is 0 Å². The first-order valence-corrected chi connectivity index (χ1v) is 7.29. The summed E-state index contributed by atoms with van der Waals surface area (Å²) in [6, 6.07) is 8.18. The molecule has 2 rings (SSSR count). The summed E-state index contributed by atoms with van der Waals surface area (Å²) in [6.45, 7) is 1.57. The summed E-state index contributed by atoms with van der Waals surface area (Å²) in [5, 5.41) is 2.66. The van der Waals surface area contributed by atoms with Crippen LogP contribution >= 0.6 is 31.9 Å². The van der Waals surface area contributed by atoms with Gasteiger partial charge in [0.25, 0.3) is 5.91 Å². The molecule has 0 heterocycles. The monoisotopic (exact) mass is 400 g/mol. The number of benzene rings is 2. The van der Waals surface area contributed by atoms with Gasteiger partial charge in [0, 0.05) is 14.6 Å². The largest absolute Gasteiger partial charge is 0.399 e. The van der Waals surface area contributed by atoms with Gasteiger partial charge in [-0.25, -0.2) is 4.39 Å². The number of hydrogen-bond acceptors (Lipinski definition) is 2. The number of carbonyl (C=O) groups is 1. The summed E-state index contributed by atoms with van der Waals surface area (Å²) in [5.41, 5.74) is 6.80. The molecule has 0 radical (unpaired) electrons. The van der Waals surface area contributed by atoms with E-state index in [2.05, 4.69) is 37.2 Å². The smallest absolute Gasteiger partial charge is 0.258 e. The molecular weight excluding hydrogens is 391 g/mol. The quantitative estimate of drug-likeness (QED) is 0.728. The first kappa shape index (κ1) is 15.0. The number of rotatable bonds is 2. The highest BCUT2D eigenvalue weighted by atomic mass is 79.9. The van der Waals surface area contributed by atoms with Crippen molar-refractivity contribution >= 4 is 49.1 Å². The molecular formula is C14H11Br2FN2O. The summed E-state index contributed by atoms with van der Waals surface area (Å²) in [4.78, 5) is 12.2. The van der Waals surface area contributed by atoms with E-state index in [1.165, 1.54) is 12.1 Å². The van der Waals surface area contributed by atoms with E-state index in [1.807, 2.05) is 6.07 Å². The van der Waals surface area contributed by atoms with E-state index >= 15 is 0 Å². The number of carbonyl (C=O) groups excluding carboxylic acids is 1. The third-order valence-corrected chi connectivity index (χ3v) is 4.04. The molecule has 0 aliphatic heterocycles. The third kappa shape index (κ3) is 3.02. The predicted molar refractivity (Wildman–Crippen MR) is 85.3 cm³/mol. The zero-order chi connectivity index (χ0) is 14.9. The first-order chi connectivity index (χ1) is 9.40. The second kappa shape index (κ2) is 5.93. The molecule has 3 N–H and O–H groups in total. The minimum atomic E-state index is -0.570. The molecule has 0 bridgehead atoms. The minimum absolute atomic E-state index is 0.0786. The van der Waals surface area contributed by atoms with Crippen LogP contribution in [-0.2, 0) is 0 Å². The molecule has 3 nitrogen and oxygen atoms in total. The van der Waals surface area contributed by atoms with Crippen molar-refractivity contribution in [2.24, 2.45) is 0 Å². The zero-order valence-electron chi connectivity index (χ0n) is 10.5. The number of halogens is 3. The van der Waals surface area contributed by atoms with Crippen LogP contribution in [0.15, 0.2) is 39.3 Å². The number of nitrogens with two attached hydrogens (primary N) is 1. The Balaban J connectivity index is 2.39. The van der Waals surface area contributed by atoms with Crippen LogP contribution in [0.4, 0.5) is 15.8 Å². The van der Waals surface area contributed by atoms with Crippen molar-refractivity contribution in [2.75, 3.05) is 11.1 Å². The van der Waals surface area contributed by atoms with Gasteiger partial charge in [0.1, 0.15) is 5.82 Å². The van der Waals surface area contributed by atoms with Crippen molar-refractivity contribution in [3.63, 3.8) is 0 Å². The van der Waals surface area contributed by atoms with E-state index in [0.29, 0.717) is 25.9 Å². The number of amides is 1. The molecule has 0 aliphatic carbocycles. The highest BCUT2D eigenvalue weighted by Crippen LogP contribution is 2.31. The van der Waals surface area contributed by atoms with Crippen LogP contribution in [0.5, 0.6) is 0 Å². The lowest BCUT2D eigenvalue weighted by Gasteiger charge is -2.11. The predicted octanol–water partition coefficient (Wildman–Crippen LogP) is 4.49. The van der Waals surface area contributed by atoms with Crippen LogP contribution in [0, 0.1) is 12.7 Å². The summed E-state index contributed by atoms with van der Waals surface area (Å²) in [7, 11) is 0. The maximum atomic E-state index is 14.0. The number of nitrogens with one attached hydrogen (secondary N) is 1. The van der Waals surface area contributed by atoms with Crippen LogP contribution < -0.4 is 11.1 Å². The van der Waals surface area contributed by atoms with E-state index in [1.54, 1.807) is 19.1 Å². The molecule has 6 heteroatoms. The number of nitrogen functional groups attached to an aromatic ring is 1. The van der Waals surface area contributed by atoms with E-state index in [4.69, 9.17) is 5.73 Å². The molecule has 0 aliphatic rings. The van der Waals surface area contributed by atoms with Crippen LogP contribution in [-0.4, -0.2) is 5.91 Å². The van der Waals surface area contributed by atoms with Gasteiger partial charge in [-0.15, -0.1) is 0 Å². The lowest BCUT2D eigenvalue weighted by atomic mass is 10.1. The van der Waals surface area contributed by atoms with E-state index in [0.717, 1.165) is 0 Å². The average Bonchev–Trinajstić information content (AvgIpc) is 2.38. The van der Waals surface area contributed by atoms with Crippen LogP contribution in [0.3, 0.4) is 0 Å². The van der Waals surface area contributed by atoms with Gasteiger partial charge in [-0.2, -0.15) is 0 Å². The van der Waals surface area contributed by atoms with E-state index < -0.39 is 11.7 Å². The Kier molecular flexibility index (Phi) is 4.45. The van der Waals surface area contributed by atoms with Crippen molar-refractivity contribution in [3.05, 3.63) is 56.2 Å². The zero-order valence-corrected chi connectivity index (χ0v) is 13.7. The first-order valence-electron chi connectivity index (χ1n) is 5.71. The molecule has 0 saturated carbocycles. The van der Waals surface area contributed by atoms with E-state index in [9.17, 15) is 9.18 Å². The molecule has 104 valence electrons. The normalized spacial score (nSPS) is 10.4. The van der Waals surface area contributed by atoms with Crippen LogP contribution in [0.2, 0.25) is 0 Å². The van der Waals surface area contributed by atoms with Crippen molar-refractivity contribution in [1.82, 2.24) is 0 Å². The minimum Gasteiger partial charge on any atom is -0.399 e. The van der Waals surface area contributed by atoms with Gasteiger partial charge in [-0.05, 0) is 68.6 Å². The van der Waals surface area contributed by atoms with Crippen molar-refractivity contribution in [2.45, 2.75) is 6.92 Å². The van der Waals surface area contributed by atoms with Crippen molar-refractivity contribution in [1.29, 1.82) is 0 Å². The fraction of sp³-hybridized carbons (Fsp3) is 0.0714. The summed E-state index contributed by atoms with van der Waals surface area (Å²) < 4.78 is 15.4. The molecule has 0 spiro atoms. The summed E-state index contributed by atoms with van der Waals surface area (Å²) in [6.07, 6.45) is 0. The van der Waals surface area contributed by atoms with Gasteiger partial charge in [-0.1, -0.05) is 6.07 Å². The van der Waals surface area contributed by atoms with E-state index in [-0.39, 0.29) is 5.56 Å². The van der Waals surface area contributed by atoms with Gasteiger partial charge in [0.05, 0.1) is 11.3 Å². The second-order valence-corrected chi connectivity index (χ2v) is 5.96. The number of hydrogen-bond donors (Lipinski definition) is 2. The van der Waals surface area contributed by atoms with Gasteiger partial charge in [0.15, 0.2) is 0 Å². The maximum Gasteiger partial charge on any atom is 0.258 e. The summed E-state index contributed by atoms with van der Waals surface area (Å²) in [5.74, 6) is -1.12. The lowest BCUT2D eigenvalue weighted by molar-refractivity contribution is 0.102. The Morgan fingerprint density at radius 3 is 2.45 bits per heavy atom. The molecule has 2 aromatic rings.